The summed E-state index contributed by atoms with van der Waals surface area (Å²) in [5.41, 5.74) is 4.71. The van der Waals surface area contributed by atoms with Crippen molar-refractivity contribution in [3.63, 3.8) is 0 Å². The van der Waals surface area contributed by atoms with Gasteiger partial charge < -0.3 is 15.4 Å². The molecule has 1 saturated heterocycles. The molecule has 0 aromatic heterocycles. The van der Waals surface area contributed by atoms with Crippen molar-refractivity contribution in [2.45, 2.75) is 30.7 Å². The molecule has 31 heavy (non-hydrogen) atoms. The van der Waals surface area contributed by atoms with Crippen LogP contribution in [0.15, 0.2) is 23.1 Å². The second kappa shape index (κ2) is 10.6. The fourth-order valence-electron chi connectivity index (χ4n) is 3.11. The van der Waals surface area contributed by atoms with Crippen LogP contribution in [0.5, 0.6) is 0 Å². The van der Waals surface area contributed by atoms with E-state index in [4.69, 9.17) is 10.5 Å². The largest absolute Gasteiger partial charge is 0.455 e. The molecule has 0 bridgehead atoms. The number of carbonyl (C=O) groups excluding carboxylic acids is 3. The van der Waals surface area contributed by atoms with Gasteiger partial charge >= 0.3 is 5.97 Å². The molecule has 1 aromatic carbocycles. The Kier molecular flexibility index (Phi) is 8.39. The minimum atomic E-state index is -3.17. The van der Waals surface area contributed by atoms with Crippen molar-refractivity contribution in [1.82, 2.24) is 4.90 Å². The molecule has 13 heteroatoms. The first-order valence-electron chi connectivity index (χ1n) is 9.40. The third-order valence-corrected chi connectivity index (χ3v) is 7.36. The van der Waals surface area contributed by atoms with Crippen molar-refractivity contribution in [3.05, 3.63) is 33.9 Å². The van der Waals surface area contributed by atoms with Crippen LogP contribution in [0.25, 0.3) is 0 Å². The SMILES string of the molecule is CCCN(C(=O)COC(=O)CSc1ccc(C(N)=O)cc1[N+](=O)[O-])[C@H]1CCS(=O)(=O)C1. The number of nitro benzene ring substituents is 1. The van der Waals surface area contributed by atoms with Gasteiger partial charge in [0.2, 0.25) is 5.91 Å². The summed E-state index contributed by atoms with van der Waals surface area (Å²) in [6.45, 7) is 1.66. The van der Waals surface area contributed by atoms with Gasteiger partial charge in [-0.2, -0.15) is 0 Å². The number of nitro groups is 1. The van der Waals surface area contributed by atoms with E-state index in [1.54, 1.807) is 0 Å². The first-order valence-corrected chi connectivity index (χ1v) is 12.2. The normalized spacial score (nSPS) is 17.1. The Morgan fingerprint density at radius 2 is 2.06 bits per heavy atom. The second-order valence-electron chi connectivity index (χ2n) is 6.90. The highest BCUT2D eigenvalue weighted by Gasteiger charge is 2.34. The number of hydrogen-bond donors (Lipinski definition) is 1. The number of primary amides is 1. The average Bonchev–Trinajstić information content (AvgIpc) is 3.07. The highest BCUT2D eigenvalue weighted by molar-refractivity contribution is 8.00. The molecule has 0 radical (unpaired) electrons. The van der Waals surface area contributed by atoms with Crippen LogP contribution in [0.2, 0.25) is 0 Å². The quantitative estimate of drug-likeness (QED) is 0.223. The molecule has 2 N–H and O–H groups in total. The summed E-state index contributed by atoms with van der Waals surface area (Å²) in [6.07, 6.45) is 0.972. The van der Waals surface area contributed by atoms with E-state index in [0.717, 1.165) is 17.8 Å². The molecule has 1 aliphatic heterocycles. The Labute approximate surface area is 183 Å². The van der Waals surface area contributed by atoms with Crippen LogP contribution in [0.4, 0.5) is 5.69 Å². The van der Waals surface area contributed by atoms with Crippen molar-refractivity contribution in [2.24, 2.45) is 5.73 Å². The summed E-state index contributed by atoms with van der Waals surface area (Å²) >= 11 is 0.827. The lowest BCUT2D eigenvalue weighted by Gasteiger charge is -2.27. The maximum atomic E-state index is 12.5. The molecule has 1 heterocycles. The number of benzene rings is 1. The van der Waals surface area contributed by atoms with Gasteiger partial charge in [-0.15, -0.1) is 11.8 Å². The number of thioether (sulfide) groups is 1. The minimum Gasteiger partial charge on any atom is -0.455 e. The molecule has 11 nitrogen and oxygen atoms in total. The third kappa shape index (κ3) is 6.92. The lowest BCUT2D eigenvalue weighted by atomic mass is 10.2. The van der Waals surface area contributed by atoms with E-state index in [0.29, 0.717) is 19.4 Å². The van der Waals surface area contributed by atoms with Gasteiger partial charge in [-0.05, 0) is 25.0 Å². The number of carbonyl (C=O) groups is 3. The summed E-state index contributed by atoms with van der Waals surface area (Å²) in [7, 11) is -3.17. The predicted molar refractivity (Wildman–Crippen MR) is 112 cm³/mol. The smallest absolute Gasteiger partial charge is 0.316 e. The van der Waals surface area contributed by atoms with Gasteiger partial charge in [-0.1, -0.05) is 6.92 Å². The zero-order chi connectivity index (χ0) is 23.2. The Morgan fingerprint density at radius 3 is 2.61 bits per heavy atom. The molecule has 1 fully saturated rings. The number of esters is 1. The summed E-state index contributed by atoms with van der Waals surface area (Å²) in [5, 5.41) is 11.2. The van der Waals surface area contributed by atoms with Gasteiger partial charge in [-0.25, -0.2) is 8.42 Å². The van der Waals surface area contributed by atoms with E-state index < -0.39 is 45.2 Å². The predicted octanol–water partition coefficient (Wildman–Crippen LogP) is 0.755. The van der Waals surface area contributed by atoms with Crippen molar-refractivity contribution >= 4 is 45.1 Å². The maximum absolute atomic E-state index is 12.5. The van der Waals surface area contributed by atoms with Crippen molar-refractivity contribution in [1.29, 1.82) is 0 Å². The summed E-state index contributed by atoms with van der Waals surface area (Å²) < 4.78 is 28.4. The zero-order valence-electron chi connectivity index (χ0n) is 16.8. The van der Waals surface area contributed by atoms with E-state index in [-0.39, 0.29) is 33.4 Å². The van der Waals surface area contributed by atoms with Gasteiger partial charge in [0.25, 0.3) is 11.6 Å². The summed E-state index contributed by atoms with van der Waals surface area (Å²) in [6, 6.07) is 3.21. The lowest BCUT2D eigenvalue weighted by molar-refractivity contribution is -0.387. The number of ether oxygens (including phenoxy) is 1. The Balaban J connectivity index is 1.93. The van der Waals surface area contributed by atoms with Crippen LogP contribution in [-0.2, 0) is 24.2 Å². The summed E-state index contributed by atoms with van der Waals surface area (Å²) in [5.74, 6) is -2.44. The van der Waals surface area contributed by atoms with E-state index in [9.17, 15) is 32.9 Å². The van der Waals surface area contributed by atoms with Gasteiger partial charge in [-0.3, -0.25) is 24.5 Å². The molecule has 1 atom stereocenters. The first-order chi connectivity index (χ1) is 14.5. The third-order valence-electron chi connectivity index (χ3n) is 4.58. The van der Waals surface area contributed by atoms with Crippen LogP contribution in [0.3, 0.4) is 0 Å². The van der Waals surface area contributed by atoms with Crippen LogP contribution in [0, 0.1) is 10.1 Å². The van der Waals surface area contributed by atoms with E-state index in [1.165, 1.54) is 17.0 Å². The minimum absolute atomic E-state index is 0.0227. The fraction of sp³-hybridized carbons (Fsp3) is 0.500. The standard InChI is InChI=1S/C18H23N3O8S2/c1-2-6-20(13-5-7-31(27,28)11-13)16(22)9-29-17(23)10-30-15-4-3-12(18(19)24)8-14(15)21(25)26/h3-4,8,13H,2,5-7,9-11H2,1H3,(H2,19,24)/t13-/m0/s1. The number of nitrogens with zero attached hydrogens (tertiary/aromatic N) is 2. The van der Waals surface area contributed by atoms with Crippen LogP contribution in [0.1, 0.15) is 30.1 Å². The molecule has 2 amide bonds. The molecular weight excluding hydrogens is 450 g/mol. The number of hydrogen-bond acceptors (Lipinski definition) is 9. The van der Waals surface area contributed by atoms with Gasteiger partial charge in [0.15, 0.2) is 16.4 Å². The Hall–Kier alpha value is -2.67. The molecule has 0 unspecified atom stereocenters. The Bertz CT molecular complexity index is 980. The van der Waals surface area contributed by atoms with Crippen molar-refractivity contribution < 1.29 is 32.5 Å². The topological polar surface area (TPSA) is 167 Å². The molecule has 0 saturated carbocycles. The zero-order valence-corrected chi connectivity index (χ0v) is 18.4. The number of amides is 2. The number of nitrogens with two attached hydrogens (primary N) is 1. The molecule has 0 aliphatic carbocycles. The van der Waals surface area contributed by atoms with E-state index in [2.05, 4.69) is 0 Å². The number of sulfone groups is 1. The summed E-state index contributed by atoms with van der Waals surface area (Å²) in [4.78, 5) is 47.8. The average molecular weight is 474 g/mol. The van der Waals surface area contributed by atoms with Gasteiger partial charge in [0, 0.05) is 24.2 Å². The van der Waals surface area contributed by atoms with E-state index >= 15 is 0 Å². The monoisotopic (exact) mass is 473 g/mol. The molecule has 2 rings (SSSR count). The Morgan fingerprint density at radius 1 is 1.35 bits per heavy atom. The van der Waals surface area contributed by atoms with Crippen LogP contribution >= 0.6 is 11.8 Å². The fourth-order valence-corrected chi connectivity index (χ4v) is 5.64. The first kappa shape index (κ1) is 24.6. The molecular formula is C18H23N3O8S2. The number of rotatable bonds is 10. The highest BCUT2D eigenvalue weighted by atomic mass is 32.2. The highest BCUT2D eigenvalue weighted by Crippen LogP contribution is 2.30. The second-order valence-corrected chi connectivity index (χ2v) is 10.1. The molecule has 1 aliphatic rings. The van der Waals surface area contributed by atoms with Crippen molar-refractivity contribution in [2.75, 3.05) is 30.4 Å². The molecule has 0 spiro atoms. The van der Waals surface area contributed by atoms with Crippen LogP contribution < -0.4 is 5.73 Å². The van der Waals surface area contributed by atoms with E-state index in [1.807, 2.05) is 6.92 Å². The molecule has 1 aromatic rings. The van der Waals surface area contributed by atoms with Gasteiger partial charge in [0.05, 0.1) is 27.1 Å². The van der Waals surface area contributed by atoms with Crippen molar-refractivity contribution in [3.8, 4) is 0 Å². The van der Waals surface area contributed by atoms with Gasteiger partial charge in [0.1, 0.15) is 0 Å². The maximum Gasteiger partial charge on any atom is 0.316 e. The molecule has 170 valence electrons. The van der Waals surface area contributed by atoms with Crippen LogP contribution in [-0.4, -0.2) is 72.5 Å². The lowest BCUT2D eigenvalue weighted by Crippen LogP contribution is -2.43.